The van der Waals surface area contributed by atoms with Crippen LogP contribution < -0.4 is 15.5 Å². The van der Waals surface area contributed by atoms with Gasteiger partial charge in [0.1, 0.15) is 0 Å². The molecule has 0 saturated carbocycles. The first-order valence-corrected chi connectivity index (χ1v) is 7.72. The lowest BCUT2D eigenvalue weighted by molar-refractivity contribution is -0.123. The van der Waals surface area contributed by atoms with Crippen LogP contribution >= 0.6 is 11.6 Å². The van der Waals surface area contributed by atoms with Gasteiger partial charge < -0.3 is 20.6 Å². The fourth-order valence-corrected chi connectivity index (χ4v) is 3.19. The number of benzene rings is 1. The molecular formula is C15H20ClN3O2. The first-order chi connectivity index (χ1) is 10.1. The Bertz CT molecular complexity index is 525. The molecule has 1 aromatic carbocycles. The van der Waals surface area contributed by atoms with Crippen molar-refractivity contribution in [2.45, 2.75) is 31.0 Å². The minimum Gasteiger partial charge on any atom is -0.392 e. The summed E-state index contributed by atoms with van der Waals surface area (Å²) in [7, 11) is 0. The van der Waals surface area contributed by atoms with Crippen LogP contribution in [0.15, 0.2) is 24.3 Å². The third-order valence-corrected chi connectivity index (χ3v) is 4.37. The van der Waals surface area contributed by atoms with Crippen LogP contribution in [0.3, 0.4) is 0 Å². The van der Waals surface area contributed by atoms with Crippen molar-refractivity contribution in [1.29, 1.82) is 0 Å². The molecule has 21 heavy (non-hydrogen) atoms. The number of aliphatic hydroxyl groups is 1. The molecule has 2 heterocycles. The van der Waals surface area contributed by atoms with Gasteiger partial charge in [0.05, 0.1) is 12.1 Å². The molecule has 2 fully saturated rings. The van der Waals surface area contributed by atoms with Gasteiger partial charge in [0, 0.05) is 36.4 Å². The van der Waals surface area contributed by atoms with Gasteiger partial charge in [-0.2, -0.15) is 0 Å². The number of amides is 1. The van der Waals surface area contributed by atoms with Crippen LogP contribution in [0.25, 0.3) is 0 Å². The third kappa shape index (κ3) is 3.48. The molecule has 5 nitrogen and oxygen atoms in total. The molecular weight excluding hydrogens is 290 g/mol. The van der Waals surface area contributed by atoms with E-state index in [9.17, 15) is 9.90 Å². The van der Waals surface area contributed by atoms with E-state index >= 15 is 0 Å². The first kappa shape index (κ1) is 14.6. The number of β-amino-alcohol motifs (C(OH)–C–C–N with tert-alkyl or cyclic N) is 1. The first-order valence-electron chi connectivity index (χ1n) is 7.34. The predicted molar refractivity (Wildman–Crippen MR) is 82.6 cm³/mol. The van der Waals surface area contributed by atoms with E-state index in [0.29, 0.717) is 13.0 Å². The summed E-state index contributed by atoms with van der Waals surface area (Å²) in [6.07, 6.45) is 1.01. The number of nitrogens with one attached hydrogen (secondary N) is 2. The van der Waals surface area contributed by atoms with Crippen LogP contribution in [0.2, 0.25) is 5.02 Å². The zero-order chi connectivity index (χ0) is 14.8. The lowest BCUT2D eigenvalue weighted by Crippen LogP contribution is -2.46. The second kappa shape index (κ2) is 6.22. The van der Waals surface area contributed by atoms with E-state index in [1.807, 2.05) is 24.3 Å². The van der Waals surface area contributed by atoms with E-state index in [2.05, 4.69) is 15.5 Å². The molecule has 2 aliphatic rings. The van der Waals surface area contributed by atoms with Crippen molar-refractivity contribution in [3.05, 3.63) is 29.3 Å². The Balaban J connectivity index is 1.54. The Hall–Kier alpha value is -1.30. The summed E-state index contributed by atoms with van der Waals surface area (Å²) in [5.74, 6) is -0.00973. The van der Waals surface area contributed by atoms with Crippen molar-refractivity contribution in [2.75, 3.05) is 24.5 Å². The number of rotatable bonds is 3. The average molecular weight is 310 g/mol. The highest BCUT2D eigenvalue weighted by Gasteiger charge is 2.31. The van der Waals surface area contributed by atoms with E-state index in [4.69, 9.17) is 11.6 Å². The molecule has 1 aromatic rings. The number of hydrogen-bond donors (Lipinski definition) is 3. The molecule has 2 saturated heterocycles. The standard InChI is InChI=1S/C15H20ClN3O2/c16-10-2-1-3-12(6-10)19-5-4-11(9-19)18-15(21)14-7-13(20)8-17-14/h1-3,6,11,13-14,17,20H,4-5,7-9H2,(H,18,21). The second-order valence-electron chi connectivity index (χ2n) is 5.77. The molecule has 3 atom stereocenters. The van der Waals surface area contributed by atoms with Gasteiger partial charge in [0.2, 0.25) is 5.91 Å². The average Bonchev–Trinajstić information content (AvgIpc) is 3.08. The highest BCUT2D eigenvalue weighted by molar-refractivity contribution is 6.30. The maximum absolute atomic E-state index is 12.1. The largest absolute Gasteiger partial charge is 0.392 e. The van der Waals surface area contributed by atoms with E-state index in [0.717, 1.165) is 30.2 Å². The Kier molecular flexibility index (Phi) is 4.33. The van der Waals surface area contributed by atoms with Gasteiger partial charge in [-0.25, -0.2) is 0 Å². The van der Waals surface area contributed by atoms with Crippen LogP contribution in [0.4, 0.5) is 5.69 Å². The van der Waals surface area contributed by atoms with Gasteiger partial charge in [-0.1, -0.05) is 17.7 Å². The van der Waals surface area contributed by atoms with Crippen LogP contribution in [0.1, 0.15) is 12.8 Å². The summed E-state index contributed by atoms with van der Waals surface area (Å²) < 4.78 is 0. The normalized spacial score (nSPS) is 28.9. The van der Waals surface area contributed by atoms with Gasteiger partial charge in [-0.15, -0.1) is 0 Å². The number of carbonyl (C=O) groups excluding carboxylic acids is 1. The molecule has 0 radical (unpaired) electrons. The lowest BCUT2D eigenvalue weighted by Gasteiger charge is -2.20. The van der Waals surface area contributed by atoms with Gasteiger partial charge in [0.25, 0.3) is 0 Å². The highest BCUT2D eigenvalue weighted by atomic mass is 35.5. The smallest absolute Gasteiger partial charge is 0.237 e. The van der Waals surface area contributed by atoms with E-state index < -0.39 is 6.10 Å². The van der Waals surface area contributed by atoms with Crippen LogP contribution in [-0.2, 0) is 4.79 Å². The molecule has 114 valence electrons. The SMILES string of the molecule is O=C(NC1CCN(c2cccc(Cl)c2)C1)C1CC(O)CN1. The van der Waals surface area contributed by atoms with Crippen LogP contribution in [-0.4, -0.2) is 48.8 Å². The molecule has 6 heteroatoms. The van der Waals surface area contributed by atoms with Crippen LogP contribution in [0.5, 0.6) is 0 Å². The van der Waals surface area contributed by atoms with Gasteiger partial charge in [-0.3, -0.25) is 4.79 Å². The third-order valence-electron chi connectivity index (χ3n) is 4.13. The molecule has 1 amide bonds. The Morgan fingerprint density at radius 3 is 3.05 bits per heavy atom. The van der Waals surface area contributed by atoms with Gasteiger partial charge in [-0.05, 0) is 31.0 Å². The number of hydrogen-bond acceptors (Lipinski definition) is 4. The van der Waals surface area contributed by atoms with Crippen molar-refractivity contribution >= 4 is 23.2 Å². The Morgan fingerprint density at radius 2 is 2.33 bits per heavy atom. The van der Waals surface area contributed by atoms with Gasteiger partial charge >= 0.3 is 0 Å². The monoisotopic (exact) mass is 309 g/mol. The molecule has 0 spiro atoms. The maximum Gasteiger partial charge on any atom is 0.237 e. The Labute approximate surface area is 129 Å². The summed E-state index contributed by atoms with van der Waals surface area (Å²) in [5.41, 5.74) is 1.09. The van der Waals surface area contributed by atoms with Gasteiger partial charge in [0.15, 0.2) is 0 Å². The zero-order valence-corrected chi connectivity index (χ0v) is 12.5. The number of aliphatic hydroxyl groups excluding tert-OH is 1. The summed E-state index contributed by atoms with van der Waals surface area (Å²) in [4.78, 5) is 14.3. The summed E-state index contributed by atoms with van der Waals surface area (Å²) in [6, 6.07) is 7.66. The molecule has 3 unspecified atom stereocenters. The van der Waals surface area contributed by atoms with E-state index in [1.165, 1.54) is 0 Å². The van der Waals surface area contributed by atoms with Crippen molar-refractivity contribution in [2.24, 2.45) is 0 Å². The summed E-state index contributed by atoms with van der Waals surface area (Å²) in [5, 5.41) is 16.3. The lowest BCUT2D eigenvalue weighted by atomic mass is 10.1. The predicted octanol–water partition coefficient (Wildman–Crippen LogP) is 0.758. The zero-order valence-electron chi connectivity index (χ0n) is 11.8. The fourth-order valence-electron chi connectivity index (χ4n) is 3.00. The second-order valence-corrected chi connectivity index (χ2v) is 6.21. The number of nitrogens with zero attached hydrogens (tertiary/aromatic N) is 1. The molecule has 0 aliphatic carbocycles. The number of halogens is 1. The summed E-state index contributed by atoms with van der Waals surface area (Å²) >= 11 is 6.02. The molecule has 2 aliphatic heterocycles. The van der Waals surface area contributed by atoms with Crippen molar-refractivity contribution < 1.29 is 9.90 Å². The molecule has 3 rings (SSSR count). The highest BCUT2D eigenvalue weighted by Crippen LogP contribution is 2.23. The van der Waals surface area contributed by atoms with Crippen LogP contribution in [0, 0.1) is 0 Å². The van der Waals surface area contributed by atoms with Crippen molar-refractivity contribution in [1.82, 2.24) is 10.6 Å². The fraction of sp³-hybridized carbons (Fsp3) is 0.533. The van der Waals surface area contributed by atoms with Crippen molar-refractivity contribution in [3.8, 4) is 0 Å². The molecule has 0 bridgehead atoms. The Morgan fingerprint density at radius 1 is 1.48 bits per heavy atom. The van der Waals surface area contributed by atoms with Crippen molar-refractivity contribution in [3.63, 3.8) is 0 Å². The van der Waals surface area contributed by atoms with E-state index in [-0.39, 0.29) is 18.0 Å². The number of anilines is 1. The van der Waals surface area contributed by atoms with E-state index in [1.54, 1.807) is 0 Å². The maximum atomic E-state index is 12.1. The number of carbonyl (C=O) groups is 1. The summed E-state index contributed by atoms with van der Waals surface area (Å²) in [6.45, 7) is 2.20. The minimum atomic E-state index is -0.410. The quantitative estimate of drug-likeness (QED) is 0.771. The molecule has 0 aromatic heterocycles. The minimum absolute atomic E-state index is 0.00973. The topological polar surface area (TPSA) is 64.6 Å². The molecule has 3 N–H and O–H groups in total.